The van der Waals surface area contributed by atoms with Crippen molar-refractivity contribution < 1.29 is 9.47 Å². The molecule has 4 atom stereocenters. The Bertz CT molecular complexity index is 273. The highest BCUT2D eigenvalue weighted by atomic mass is 16.6. The first-order valence-corrected chi connectivity index (χ1v) is 5.16. The van der Waals surface area contributed by atoms with Crippen LogP contribution in [0, 0.1) is 5.92 Å². The fraction of sp³-hybridized carbons (Fsp3) is 0.818. The molecule has 2 heteroatoms. The molecular formula is C11H16O2. The molecule has 2 heterocycles. The predicted molar refractivity (Wildman–Crippen MR) is 49.2 cm³/mol. The lowest BCUT2D eigenvalue weighted by atomic mass is 9.73. The summed E-state index contributed by atoms with van der Waals surface area (Å²) in [6, 6.07) is 0. The Morgan fingerprint density at radius 2 is 2.15 bits per heavy atom. The first-order chi connectivity index (χ1) is 6.12. The number of epoxide rings is 1. The number of hydrogen-bond donors (Lipinski definition) is 0. The van der Waals surface area contributed by atoms with Gasteiger partial charge in [-0.15, -0.1) is 0 Å². The molecule has 3 aliphatic rings. The first-order valence-electron chi connectivity index (χ1n) is 5.16. The van der Waals surface area contributed by atoms with E-state index in [1.54, 1.807) is 0 Å². The molecule has 0 radical (unpaired) electrons. The van der Waals surface area contributed by atoms with Crippen molar-refractivity contribution in [3.8, 4) is 0 Å². The van der Waals surface area contributed by atoms with Crippen LogP contribution in [0.4, 0.5) is 0 Å². The molecule has 0 aromatic carbocycles. The lowest BCUT2D eigenvalue weighted by Crippen LogP contribution is -2.42. The van der Waals surface area contributed by atoms with Gasteiger partial charge in [-0.3, -0.25) is 0 Å². The van der Waals surface area contributed by atoms with E-state index in [0.717, 1.165) is 0 Å². The minimum absolute atomic E-state index is 0.0211. The van der Waals surface area contributed by atoms with Gasteiger partial charge in [0, 0.05) is 5.92 Å². The minimum Gasteiger partial charge on any atom is -0.491 e. The Hall–Kier alpha value is -0.500. The highest BCUT2D eigenvalue weighted by Gasteiger charge is 2.58. The molecule has 72 valence electrons. The number of fused-ring (bicyclic) bond motifs is 1. The second-order valence-corrected chi connectivity index (χ2v) is 4.99. The van der Waals surface area contributed by atoms with Crippen LogP contribution in [0.15, 0.2) is 12.3 Å². The van der Waals surface area contributed by atoms with Gasteiger partial charge in [-0.1, -0.05) is 0 Å². The zero-order valence-corrected chi connectivity index (χ0v) is 8.25. The third kappa shape index (κ3) is 0.983. The fourth-order valence-electron chi connectivity index (χ4n) is 2.68. The summed E-state index contributed by atoms with van der Waals surface area (Å²) < 4.78 is 11.2. The van der Waals surface area contributed by atoms with Gasteiger partial charge in [0.25, 0.3) is 0 Å². The van der Waals surface area contributed by atoms with Gasteiger partial charge in [0.15, 0.2) is 0 Å². The quantitative estimate of drug-likeness (QED) is 0.577. The van der Waals surface area contributed by atoms with Crippen molar-refractivity contribution in [2.75, 3.05) is 0 Å². The van der Waals surface area contributed by atoms with E-state index in [2.05, 4.69) is 19.9 Å². The third-order valence-corrected chi connectivity index (χ3v) is 4.05. The van der Waals surface area contributed by atoms with Gasteiger partial charge in [0.1, 0.15) is 5.60 Å². The summed E-state index contributed by atoms with van der Waals surface area (Å²) in [6.45, 7) is 4.41. The Morgan fingerprint density at radius 1 is 1.38 bits per heavy atom. The maximum atomic E-state index is 5.68. The summed E-state index contributed by atoms with van der Waals surface area (Å²) in [4.78, 5) is 0. The average molecular weight is 180 g/mol. The van der Waals surface area contributed by atoms with Crippen LogP contribution in [-0.2, 0) is 9.47 Å². The van der Waals surface area contributed by atoms with Gasteiger partial charge < -0.3 is 9.47 Å². The smallest absolute Gasteiger partial charge is 0.129 e. The summed E-state index contributed by atoms with van der Waals surface area (Å²) >= 11 is 0. The van der Waals surface area contributed by atoms with Gasteiger partial charge in [0.05, 0.1) is 18.0 Å². The van der Waals surface area contributed by atoms with Crippen molar-refractivity contribution in [1.29, 1.82) is 0 Å². The fourth-order valence-corrected chi connectivity index (χ4v) is 2.68. The molecule has 3 rings (SSSR count). The van der Waals surface area contributed by atoms with Crippen molar-refractivity contribution in [2.24, 2.45) is 5.92 Å². The number of rotatable bonds is 1. The molecular weight excluding hydrogens is 164 g/mol. The number of ether oxygens (including phenoxy) is 2. The largest absolute Gasteiger partial charge is 0.491 e. The standard InChI is InChI=1S/C11H16O2/c1-10(5-6-12-10)8-3-4-11(2)9(7-8)13-11/h5-6,8-9H,3-4,7H2,1-2H3/t8-,9?,10?,11-/m1/s1. The van der Waals surface area contributed by atoms with Crippen molar-refractivity contribution in [1.82, 2.24) is 0 Å². The van der Waals surface area contributed by atoms with E-state index in [1.165, 1.54) is 19.3 Å². The van der Waals surface area contributed by atoms with E-state index < -0.39 is 0 Å². The summed E-state index contributed by atoms with van der Waals surface area (Å²) in [5, 5.41) is 0. The summed E-state index contributed by atoms with van der Waals surface area (Å²) in [6.07, 6.45) is 8.13. The van der Waals surface area contributed by atoms with E-state index in [9.17, 15) is 0 Å². The molecule has 0 N–H and O–H groups in total. The Morgan fingerprint density at radius 3 is 2.69 bits per heavy atom. The molecule has 0 aromatic heterocycles. The highest BCUT2D eigenvalue weighted by Crippen LogP contribution is 2.53. The van der Waals surface area contributed by atoms with E-state index in [1.807, 2.05) is 6.26 Å². The molecule has 0 amide bonds. The van der Waals surface area contributed by atoms with Crippen molar-refractivity contribution in [3.63, 3.8) is 0 Å². The molecule has 1 aliphatic carbocycles. The highest BCUT2D eigenvalue weighted by molar-refractivity contribution is 5.14. The van der Waals surface area contributed by atoms with Gasteiger partial charge in [-0.25, -0.2) is 0 Å². The molecule has 1 saturated heterocycles. The van der Waals surface area contributed by atoms with Gasteiger partial charge >= 0.3 is 0 Å². The molecule has 2 nitrogen and oxygen atoms in total. The van der Waals surface area contributed by atoms with Crippen molar-refractivity contribution >= 4 is 0 Å². The van der Waals surface area contributed by atoms with E-state index in [-0.39, 0.29) is 11.2 Å². The third-order valence-electron chi connectivity index (χ3n) is 4.05. The maximum absolute atomic E-state index is 5.68. The second kappa shape index (κ2) is 2.11. The van der Waals surface area contributed by atoms with Crippen LogP contribution in [0.5, 0.6) is 0 Å². The van der Waals surface area contributed by atoms with E-state index in [0.29, 0.717) is 12.0 Å². The Balaban J connectivity index is 1.72. The zero-order valence-electron chi connectivity index (χ0n) is 8.25. The van der Waals surface area contributed by atoms with Crippen LogP contribution in [0.3, 0.4) is 0 Å². The lowest BCUT2D eigenvalue weighted by molar-refractivity contribution is -0.0244. The molecule has 2 fully saturated rings. The second-order valence-electron chi connectivity index (χ2n) is 4.99. The number of hydrogen-bond acceptors (Lipinski definition) is 2. The zero-order chi connectivity index (χ0) is 9.10. The van der Waals surface area contributed by atoms with Crippen LogP contribution < -0.4 is 0 Å². The van der Waals surface area contributed by atoms with Crippen molar-refractivity contribution in [3.05, 3.63) is 12.3 Å². The normalized spacial score (nSPS) is 57.7. The van der Waals surface area contributed by atoms with Crippen LogP contribution in [-0.4, -0.2) is 17.3 Å². The van der Waals surface area contributed by atoms with Crippen LogP contribution in [0.25, 0.3) is 0 Å². The molecule has 0 aromatic rings. The van der Waals surface area contributed by atoms with Crippen LogP contribution >= 0.6 is 0 Å². The lowest BCUT2D eigenvalue weighted by Gasteiger charge is -2.41. The predicted octanol–water partition coefficient (Wildman–Crippen LogP) is 2.25. The molecule has 2 unspecified atom stereocenters. The van der Waals surface area contributed by atoms with Crippen molar-refractivity contribution in [2.45, 2.75) is 50.4 Å². The monoisotopic (exact) mass is 180 g/mol. The van der Waals surface area contributed by atoms with Crippen LogP contribution in [0.2, 0.25) is 0 Å². The van der Waals surface area contributed by atoms with Gasteiger partial charge in [-0.05, 0) is 39.2 Å². The molecule has 0 bridgehead atoms. The van der Waals surface area contributed by atoms with Gasteiger partial charge in [-0.2, -0.15) is 0 Å². The Kier molecular flexibility index (Phi) is 1.28. The average Bonchev–Trinajstić information content (AvgIpc) is 2.71. The van der Waals surface area contributed by atoms with E-state index in [4.69, 9.17) is 9.47 Å². The molecule has 1 saturated carbocycles. The molecule has 0 spiro atoms. The summed E-state index contributed by atoms with van der Waals surface area (Å²) in [7, 11) is 0. The topological polar surface area (TPSA) is 21.8 Å². The molecule has 13 heavy (non-hydrogen) atoms. The summed E-state index contributed by atoms with van der Waals surface area (Å²) in [5.74, 6) is 0.665. The van der Waals surface area contributed by atoms with Crippen LogP contribution in [0.1, 0.15) is 33.1 Å². The minimum atomic E-state index is 0.0211. The maximum Gasteiger partial charge on any atom is 0.129 e. The SMILES string of the molecule is CC1([C@@H]2CC[C@@]3(C)OC3C2)C=CO1. The van der Waals surface area contributed by atoms with E-state index >= 15 is 0 Å². The summed E-state index contributed by atoms with van der Waals surface area (Å²) in [5.41, 5.74) is 0.258. The first kappa shape index (κ1) is 7.86. The molecule has 2 aliphatic heterocycles. The Labute approximate surface area is 78.9 Å². The van der Waals surface area contributed by atoms with Gasteiger partial charge in [0.2, 0.25) is 0 Å².